The molecule has 2 heteroatoms. The maximum atomic E-state index is 6.16. The molecule has 0 amide bonds. The van der Waals surface area contributed by atoms with Crippen molar-refractivity contribution in [2.75, 3.05) is 7.05 Å². The molecule has 1 aromatic rings. The van der Waals surface area contributed by atoms with Crippen LogP contribution < -0.4 is 10.1 Å². The second-order valence-corrected chi connectivity index (χ2v) is 6.62. The predicted molar refractivity (Wildman–Crippen MR) is 76.1 cm³/mol. The van der Waals surface area contributed by atoms with E-state index in [4.69, 9.17) is 4.74 Å². The van der Waals surface area contributed by atoms with E-state index < -0.39 is 0 Å². The second kappa shape index (κ2) is 4.93. The lowest BCUT2D eigenvalue weighted by Gasteiger charge is -2.35. The summed E-state index contributed by atoms with van der Waals surface area (Å²) in [6.07, 6.45) is 2.47. The smallest absolute Gasteiger partial charge is 0.124 e. The lowest BCUT2D eigenvalue weighted by Crippen LogP contribution is -2.34. The summed E-state index contributed by atoms with van der Waals surface area (Å²) in [5.41, 5.74) is 2.92. The average molecular weight is 247 g/mol. The van der Waals surface area contributed by atoms with Gasteiger partial charge in [0.2, 0.25) is 0 Å². The van der Waals surface area contributed by atoms with Crippen molar-refractivity contribution in [3.63, 3.8) is 0 Å². The Morgan fingerprint density at radius 3 is 2.67 bits per heavy atom. The zero-order valence-electron chi connectivity index (χ0n) is 12.2. The Hall–Kier alpha value is -1.02. The molecule has 0 spiro atoms. The number of aryl methyl sites for hydroxylation is 1. The fourth-order valence-corrected chi connectivity index (χ4v) is 2.75. The molecule has 2 unspecified atom stereocenters. The molecule has 18 heavy (non-hydrogen) atoms. The van der Waals surface area contributed by atoms with Crippen molar-refractivity contribution in [2.45, 2.75) is 52.7 Å². The van der Waals surface area contributed by atoms with Crippen LogP contribution in [0.2, 0.25) is 0 Å². The average Bonchev–Trinajstić information content (AvgIpc) is 2.26. The van der Waals surface area contributed by atoms with E-state index in [-0.39, 0.29) is 0 Å². The van der Waals surface area contributed by atoms with Crippen LogP contribution in [-0.4, -0.2) is 13.2 Å². The number of hydrogen-bond acceptors (Lipinski definition) is 2. The molecule has 2 atom stereocenters. The van der Waals surface area contributed by atoms with Gasteiger partial charge in [-0.05, 0) is 31.9 Å². The van der Waals surface area contributed by atoms with Crippen LogP contribution in [0.1, 0.15) is 50.8 Å². The molecule has 0 radical (unpaired) electrons. The maximum absolute atomic E-state index is 6.16. The van der Waals surface area contributed by atoms with Gasteiger partial charge >= 0.3 is 0 Å². The molecule has 1 heterocycles. The zero-order chi connectivity index (χ0) is 13.3. The molecule has 2 nitrogen and oxygen atoms in total. The summed E-state index contributed by atoms with van der Waals surface area (Å²) in [7, 11) is 2.04. The lowest BCUT2D eigenvalue weighted by atomic mass is 9.84. The van der Waals surface area contributed by atoms with Crippen LogP contribution >= 0.6 is 0 Å². The van der Waals surface area contributed by atoms with E-state index in [2.05, 4.69) is 51.2 Å². The highest BCUT2D eigenvalue weighted by molar-refractivity contribution is 5.40. The van der Waals surface area contributed by atoms with E-state index in [1.165, 1.54) is 11.1 Å². The minimum Gasteiger partial charge on any atom is -0.490 e. The van der Waals surface area contributed by atoms with Crippen molar-refractivity contribution in [2.24, 2.45) is 5.41 Å². The van der Waals surface area contributed by atoms with Gasteiger partial charge < -0.3 is 10.1 Å². The van der Waals surface area contributed by atoms with Gasteiger partial charge in [-0.25, -0.2) is 0 Å². The fraction of sp³-hybridized carbons (Fsp3) is 0.625. The Labute approximate surface area is 111 Å². The topological polar surface area (TPSA) is 21.3 Å². The van der Waals surface area contributed by atoms with Gasteiger partial charge in [-0.15, -0.1) is 0 Å². The third-order valence-corrected chi connectivity index (χ3v) is 3.52. The number of nitrogens with one attached hydrogen (secondary N) is 1. The van der Waals surface area contributed by atoms with E-state index >= 15 is 0 Å². The van der Waals surface area contributed by atoms with Gasteiger partial charge in [0, 0.05) is 18.0 Å². The molecule has 0 saturated heterocycles. The van der Waals surface area contributed by atoms with E-state index in [0.717, 1.165) is 18.6 Å². The Bertz CT molecular complexity index is 420. The number of benzene rings is 1. The Kier molecular flexibility index (Phi) is 3.67. The van der Waals surface area contributed by atoms with Crippen molar-refractivity contribution in [3.8, 4) is 5.75 Å². The first kappa shape index (κ1) is 13.4. The van der Waals surface area contributed by atoms with Crippen LogP contribution in [0.5, 0.6) is 5.75 Å². The van der Waals surface area contributed by atoms with Crippen molar-refractivity contribution in [1.29, 1.82) is 0 Å². The molecule has 1 aliphatic heterocycles. The highest BCUT2D eigenvalue weighted by atomic mass is 16.5. The molecular formula is C16H25NO. The van der Waals surface area contributed by atoms with E-state index in [9.17, 15) is 0 Å². The van der Waals surface area contributed by atoms with Crippen LogP contribution in [0.4, 0.5) is 0 Å². The molecule has 0 fully saturated rings. The first-order valence-corrected chi connectivity index (χ1v) is 6.83. The normalized spacial score (nSPS) is 23.4. The molecule has 1 N–H and O–H groups in total. The van der Waals surface area contributed by atoms with Crippen LogP contribution in [0.15, 0.2) is 18.2 Å². The minimum atomic E-state index is 0.311. The molecule has 0 saturated carbocycles. The van der Waals surface area contributed by atoms with Crippen molar-refractivity contribution < 1.29 is 4.74 Å². The minimum absolute atomic E-state index is 0.311. The van der Waals surface area contributed by atoms with Gasteiger partial charge in [0.05, 0.1) is 0 Å². The number of ether oxygens (including phenoxy) is 1. The molecule has 0 aromatic heterocycles. The Morgan fingerprint density at radius 2 is 2.06 bits per heavy atom. The van der Waals surface area contributed by atoms with Crippen molar-refractivity contribution >= 4 is 0 Å². The van der Waals surface area contributed by atoms with Crippen molar-refractivity contribution in [3.05, 3.63) is 29.3 Å². The zero-order valence-corrected chi connectivity index (χ0v) is 12.2. The third kappa shape index (κ3) is 3.05. The summed E-state index contributed by atoms with van der Waals surface area (Å²) in [6.45, 7) is 8.95. The highest BCUT2D eigenvalue weighted by Gasteiger charge is 2.30. The van der Waals surface area contributed by atoms with Crippen molar-refractivity contribution in [1.82, 2.24) is 5.32 Å². The summed E-state index contributed by atoms with van der Waals surface area (Å²) < 4.78 is 6.16. The van der Waals surface area contributed by atoms with E-state index in [1.807, 2.05) is 7.05 Å². The quantitative estimate of drug-likeness (QED) is 0.857. The van der Waals surface area contributed by atoms with E-state index in [0.29, 0.717) is 17.6 Å². The summed E-state index contributed by atoms with van der Waals surface area (Å²) in [5, 5.41) is 3.42. The molecule has 1 aliphatic rings. The summed E-state index contributed by atoms with van der Waals surface area (Å²) >= 11 is 0. The standard InChI is InChI=1S/C16H25NO/c1-11-6-7-15-13(8-11)14(17-5)9-12(18-15)10-16(2,3)4/h6-8,12,14,17H,9-10H2,1-5H3. The largest absolute Gasteiger partial charge is 0.490 e. The monoisotopic (exact) mass is 247 g/mol. The predicted octanol–water partition coefficient (Wildman–Crippen LogP) is 3.84. The molecule has 0 bridgehead atoms. The summed E-state index contributed by atoms with van der Waals surface area (Å²) in [4.78, 5) is 0. The van der Waals surface area contributed by atoms with Gasteiger partial charge in [-0.1, -0.05) is 38.5 Å². The summed E-state index contributed by atoms with van der Waals surface area (Å²) in [5.74, 6) is 1.06. The Balaban J connectivity index is 2.23. The molecule has 100 valence electrons. The van der Waals surface area contributed by atoms with Gasteiger partial charge in [-0.2, -0.15) is 0 Å². The van der Waals surface area contributed by atoms with Gasteiger partial charge in [0.25, 0.3) is 0 Å². The first-order chi connectivity index (χ1) is 8.39. The fourth-order valence-electron chi connectivity index (χ4n) is 2.75. The SMILES string of the molecule is CNC1CC(CC(C)(C)C)Oc2ccc(C)cc21. The van der Waals surface area contributed by atoms with E-state index in [1.54, 1.807) is 0 Å². The molecular weight excluding hydrogens is 222 g/mol. The highest BCUT2D eigenvalue weighted by Crippen LogP contribution is 2.38. The molecule has 0 aliphatic carbocycles. The maximum Gasteiger partial charge on any atom is 0.124 e. The number of fused-ring (bicyclic) bond motifs is 1. The lowest BCUT2D eigenvalue weighted by molar-refractivity contribution is 0.107. The Morgan fingerprint density at radius 1 is 1.33 bits per heavy atom. The third-order valence-electron chi connectivity index (χ3n) is 3.52. The van der Waals surface area contributed by atoms with Gasteiger partial charge in [-0.3, -0.25) is 0 Å². The number of rotatable bonds is 2. The molecule has 2 rings (SSSR count). The van der Waals surface area contributed by atoms with Crippen LogP contribution in [0.25, 0.3) is 0 Å². The van der Waals surface area contributed by atoms with Crippen LogP contribution in [0.3, 0.4) is 0 Å². The molecule has 1 aromatic carbocycles. The number of hydrogen-bond donors (Lipinski definition) is 1. The van der Waals surface area contributed by atoms with Gasteiger partial charge in [0.15, 0.2) is 0 Å². The van der Waals surface area contributed by atoms with Crippen LogP contribution in [0, 0.1) is 12.3 Å². The summed E-state index contributed by atoms with van der Waals surface area (Å²) in [6, 6.07) is 6.90. The van der Waals surface area contributed by atoms with Gasteiger partial charge in [0.1, 0.15) is 11.9 Å². The second-order valence-electron chi connectivity index (χ2n) is 6.62. The van der Waals surface area contributed by atoms with Crippen LogP contribution in [-0.2, 0) is 0 Å². The first-order valence-electron chi connectivity index (χ1n) is 6.83.